The van der Waals surface area contributed by atoms with Crippen molar-refractivity contribution in [1.82, 2.24) is 5.32 Å². The van der Waals surface area contributed by atoms with Crippen molar-refractivity contribution < 1.29 is 24.5 Å². The van der Waals surface area contributed by atoms with Gasteiger partial charge < -0.3 is 20.3 Å². The lowest BCUT2D eigenvalue weighted by Gasteiger charge is -2.22. The molecular formula is C65H125NO5. The summed E-state index contributed by atoms with van der Waals surface area (Å²) >= 11 is 0. The summed E-state index contributed by atoms with van der Waals surface area (Å²) in [6, 6.07) is -0.547. The fourth-order valence-corrected chi connectivity index (χ4v) is 10.0. The molecule has 0 aromatic carbocycles. The van der Waals surface area contributed by atoms with Crippen LogP contribution in [0.25, 0.3) is 0 Å². The lowest BCUT2D eigenvalue weighted by Crippen LogP contribution is -2.45. The van der Waals surface area contributed by atoms with Crippen LogP contribution >= 0.6 is 0 Å². The van der Waals surface area contributed by atoms with Crippen molar-refractivity contribution in [2.45, 2.75) is 366 Å². The molecule has 0 spiro atoms. The van der Waals surface area contributed by atoms with Crippen molar-refractivity contribution >= 4 is 11.9 Å². The Balaban J connectivity index is 3.40. The van der Waals surface area contributed by atoms with E-state index in [0.29, 0.717) is 25.9 Å². The summed E-state index contributed by atoms with van der Waals surface area (Å²) in [5.41, 5.74) is 0. The standard InChI is InChI=1S/C65H125NO5/c1-3-5-7-9-11-13-15-17-19-20-27-31-35-39-43-47-51-55-59-65(70)71-60-56-52-48-44-40-36-32-28-25-23-21-22-24-26-30-34-38-42-46-50-54-58-64(69)66-62(61-67)63(68)57-53-49-45-41-37-33-29-18-16-14-12-10-8-6-4-2/h19-20,22,24,62-63,67-68H,3-18,21,23,25-61H2,1-2H3,(H,66,69)/b20-19-,24-22-. The first kappa shape index (κ1) is 69.3. The monoisotopic (exact) mass is 1000 g/mol. The Morgan fingerprint density at radius 3 is 1.00 bits per heavy atom. The molecule has 0 saturated heterocycles. The molecule has 420 valence electrons. The molecule has 0 aromatic heterocycles. The number of nitrogens with one attached hydrogen (secondary N) is 1. The van der Waals surface area contributed by atoms with Crippen molar-refractivity contribution in [2.75, 3.05) is 13.2 Å². The van der Waals surface area contributed by atoms with Crippen LogP contribution in [0, 0.1) is 0 Å². The van der Waals surface area contributed by atoms with E-state index in [9.17, 15) is 19.8 Å². The molecule has 6 nitrogen and oxygen atoms in total. The quantitative estimate of drug-likeness (QED) is 0.0320. The van der Waals surface area contributed by atoms with Gasteiger partial charge in [-0.1, -0.05) is 289 Å². The summed E-state index contributed by atoms with van der Waals surface area (Å²) in [4.78, 5) is 24.6. The third-order valence-corrected chi connectivity index (χ3v) is 15.0. The third-order valence-electron chi connectivity index (χ3n) is 15.0. The predicted molar refractivity (Wildman–Crippen MR) is 310 cm³/mol. The topological polar surface area (TPSA) is 95.9 Å². The van der Waals surface area contributed by atoms with Gasteiger partial charge in [-0.25, -0.2) is 0 Å². The minimum Gasteiger partial charge on any atom is -0.466 e. The maximum atomic E-state index is 12.5. The number of carbonyl (C=O) groups is 2. The Morgan fingerprint density at radius 2 is 0.662 bits per heavy atom. The highest BCUT2D eigenvalue weighted by Crippen LogP contribution is 2.18. The maximum Gasteiger partial charge on any atom is 0.305 e. The van der Waals surface area contributed by atoms with E-state index >= 15 is 0 Å². The van der Waals surface area contributed by atoms with Crippen LogP contribution in [0.1, 0.15) is 354 Å². The van der Waals surface area contributed by atoms with Gasteiger partial charge in [0, 0.05) is 12.8 Å². The average molecular weight is 1000 g/mol. The molecule has 2 unspecified atom stereocenters. The number of aliphatic hydroxyl groups is 2. The summed E-state index contributed by atoms with van der Waals surface area (Å²) in [6.07, 6.45) is 74.8. The summed E-state index contributed by atoms with van der Waals surface area (Å²) in [6.45, 7) is 4.96. The van der Waals surface area contributed by atoms with E-state index in [1.807, 2.05) is 0 Å². The number of ether oxygens (including phenoxy) is 1. The van der Waals surface area contributed by atoms with Crippen LogP contribution in [0.5, 0.6) is 0 Å². The lowest BCUT2D eigenvalue weighted by atomic mass is 10.0. The van der Waals surface area contributed by atoms with Crippen LogP contribution in [0.2, 0.25) is 0 Å². The zero-order valence-corrected chi connectivity index (χ0v) is 48.0. The maximum absolute atomic E-state index is 12.5. The first-order valence-corrected chi connectivity index (χ1v) is 32.1. The number of aliphatic hydroxyl groups excluding tert-OH is 2. The molecule has 0 aliphatic carbocycles. The lowest BCUT2D eigenvalue weighted by molar-refractivity contribution is -0.143. The van der Waals surface area contributed by atoms with Crippen LogP contribution in [0.4, 0.5) is 0 Å². The average Bonchev–Trinajstić information content (AvgIpc) is 3.37. The summed E-state index contributed by atoms with van der Waals surface area (Å²) in [5.74, 6) is -0.0350. The number of rotatable bonds is 60. The van der Waals surface area contributed by atoms with Gasteiger partial charge in [-0.2, -0.15) is 0 Å². The highest BCUT2D eigenvalue weighted by Gasteiger charge is 2.20. The molecule has 1 amide bonds. The van der Waals surface area contributed by atoms with Crippen molar-refractivity contribution in [3.05, 3.63) is 24.3 Å². The van der Waals surface area contributed by atoms with E-state index in [1.54, 1.807) is 0 Å². The van der Waals surface area contributed by atoms with Gasteiger partial charge in [0.05, 0.1) is 25.4 Å². The predicted octanol–water partition coefficient (Wildman–Crippen LogP) is 20.2. The van der Waals surface area contributed by atoms with Crippen molar-refractivity contribution in [3.63, 3.8) is 0 Å². The van der Waals surface area contributed by atoms with Crippen molar-refractivity contribution in [1.29, 1.82) is 0 Å². The number of amides is 1. The van der Waals surface area contributed by atoms with E-state index in [1.165, 1.54) is 276 Å². The number of allylic oxidation sites excluding steroid dienone is 4. The van der Waals surface area contributed by atoms with E-state index in [-0.39, 0.29) is 18.5 Å². The molecule has 0 radical (unpaired) electrons. The van der Waals surface area contributed by atoms with Crippen LogP contribution in [-0.2, 0) is 14.3 Å². The SMILES string of the molecule is CCCCCCCCC/C=C\CCCCCCCCCC(=O)OCCCCCCCCCCCC/C=C\CCCCCCCCCC(=O)NC(CO)C(O)CCCCCCCCCCCCCCCCC. The molecular weight excluding hydrogens is 875 g/mol. The van der Waals surface area contributed by atoms with E-state index in [4.69, 9.17) is 4.74 Å². The van der Waals surface area contributed by atoms with Crippen molar-refractivity contribution in [2.24, 2.45) is 0 Å². The number of unbranched alkanes of at least 4 members (excludes halogenated alkanes) is 45. The summed E-state index contributed by atoms with van der Waals surface area (Å²) < 4.78 is 5.49. The van der Waals surface area contributed by atoms with Gasteiger partial charge in [0.25, 0.3) is 0 Å². The van der Waals surface area contributed by atoms with Gasteiger partial charge in [0.15, 0.2) is 0 Å². The Kier molecular flexibility index (Phi) is 59.5. The molecule has 0 aromatic rings. The highest BCUT2D eigenvalue weighted by molar-refractivity contribution is 5.76. The first-order chi connectivity index (χ1) is 35.0. The van der Waals surface area contributed by atoms with E-state index < -0.39 is 12.1 Å². The Morgan fingerprint density at radius 1 is 0.380 bits per heavy atom. The second-order valence-electron chi connectivity index (χ2n) is 22.1. The minimum absolute atomic E-state index is 0.00587. The van der Waals surface area contributed by atoms with Crippen LogP contribution in [0.15, 0.2) is 24.3 Å². The van der Waals surface area contributed by atoms with Crippen molar-refractivity contribution in [3.8, 4) is 0 Å². The van der Waals surface area contributed by atoms with Gasteiger partial charge >= 0.3 is 5.97 Å². The molecule has 0 heterocycles. The number of esters is 1. The molecule has 0 rings (SSSR count). The second-order valence-corrected chi connectivity index (χ2v) is 22.1. The second kappa shape index (κ2) is 60.9. The smallest absolute Gasteiger partial charge is 0.305 e. The fourth-order valence-electron chi connectivity index (χ4n) is 10.0. The normalized spacial score (nSPS) is 12.7. The van der Waals surface area contributed by atoms with E-state index in [2.05, 4.69) is 43.5 Å². The van der Waals surface area contributed by atoms with Crippen LogP contribution in [-0.4, -0.2) is 47.4 Å². The van der Waals surface area contributed by atoms with Gasteiger partial charge in [0.2, 0.25) is 5.91 Å². The van der Waals surface area contributed by atoms with Crippen LogP contribution < -0.4 is 5.32 Å². The summed E-state index contributed by atoms with van der Waals surface area (Å²) in [7, 11) is 0. The number of hydrogen-bond acceptors (Lipinski definition) is 5. The molecule has 71 heavy (non-hydrogen) atoms. The molecule has 0 aliphatic rings. The first-order valence-electron chi connectivity index (χ1n) is 32.1. The van der Waals surface area contributed by atoms with Crippen LogP contribution in [0.3, 0.4) is 0 Å². The molecule has 0 fully saturated rings. The van der Waals surface area contributed by atoms with Gasteiger partial charge in [-0.15, -0.1) is 0 Å². The Bertz CT molecular complexity index is 1110. The third kappa shape index (κ3) is 57.5. The highest BCUT2D eigenvalue weighted by atomic mass is 16.5. The minimum atomic E-state index is -0.669. The largest absolute Gasteiger partial charge is 0.466 e. The molecule has 0 saturated carbocycles. The molecule has 3 N–H and O–H groups in total. The van der Waals surface area contributed by atoms with Gasteiger partial charge in [-0.3, -0.25) is 9.59 Å². The van der Waals surface area contributed by atoms with Gasteiger partial charge in [-0.05, 0) is 77.0 Å². The molecule has 2 atom stereocenters. The molecule has 6 heteroatoms. The molecule has 0 aliphatic heterocycles. The number of hydrogen-bond donors (Lipinski definition) is 3. The fraction of sp³-hybridized carbons (Fsp3) is 0.908. The Hall–Kier alpha value is -1.66. The number of carbonyl (C=O) groups excluding carboxylic acids is 2. The summed E-state index contributed by atoms with van der Waals surface area (Å²) in [5, 5.41) is 23.3. The van der Waals surface area contributed by atoms with E-state index in [0.717, 1.165) is 44.9 Å². The Labute approximate surface area is 443 Å². The zero-order valence-electron chi connectivity index (χ0n) is 48.0. The van der Waals surface area contributed by atoms with Gasteiger partial charge in [0.1, 0.15) is 0 Å². The zero-order chi connectivity index (χ0) is 51.4. The molecule has 0 bridgehead atoms.